The van der Waals surface area contributed by atoms with Gasteiger partial charge in [0.15, 0.2) is 0 Å². The molecule has 0 aliphatic carbocycles. The van der Waals surface area contributed by atoms with Crippen LogP contribution in [0.3, 0.4) is 0 Å². The van der Waals surface area contributed by atoms with E-state index in [2.05, 4.69) is 11.2 Å². The number of carbonyl (C=O) groups excluding carboxylic acids is 1. The van der Waals surface area contributed by atoms with Crippen LogP contribution in [0.4, 0.5) is 0 Å². The first-order valence-electron chi connectivity index (χ1n) is 4.01. The topological polar surface area (TPSA) is 29.1 Å². The number of hydrogen-bond donors (Lipinski definition) is 1. The molecule has 1 N–H and O–H groups in total. The molecule has 0 aromatic heterocycles. The monoisotopic (exact) mass is 151 g/mol. The Kier molecular flexibility index (Phi) is 3.13. The number of hydrogen-bond acceptors (Lipinski definition) is 2. The van der Waals surface area contributed by atoms with Crippen molar-refractivity contribution in [3.05, 3.63) is 0 Å². The van der Waals surface area contributed by atoms with E-state index in [-0.39, 0.29) is 5.92 Å². The molecule has 1 fully saturated rings. The summed E-state index contributed by atoms with van der Waals surface area (Å²) in [4.78, 5) is 11.3. The minimum atomic E-state index is 0.239. The van der Waals surface area contributed by atoms with Crippen LogP contribution in [0.5, 0.6) is 0 Å². The maximum atomic E-state index is 11.3. The highest BCUT2D eigenvalue weighted by Gasteiger charge is 2.20. The molecule has 0 aromatic carbocycles. The first-order chi connectivity index (χ1) is 5.34. The minimum Gasteiger partial charge on any atom is -0.316 e. The number of nitrogens with one attached hydrogen (secondary N) is 1. The normalized spacial score (nSPS) is 23.0. The van der Waals surface area contributed by atoms with E-state index < -0.39 is 0 Å². The van der Waals surface area contributed by atoms with Gasteiger partial charge in [0.25, 0.3) is 0 Å². The van der Waals surface area contributed by atoms with Gasteiger partial charge >= 0.3 is 0 Å². The maximum absolute atomic E-state index is 11.3. The molecule has 11 heavy (non-hydrogen) atoms. The van der Waals surface area contributed by atoms with Gasteiger partial charge in [0.1, 0.15) is 5.78 Å². The zero-order valence-corrected chi connectivity index (χ0v) is 6.60. The van der Waals surface area contributed by atoms with Crippen LogP contribution in [0.1, 0.15) is 19.3 Å². The summed E-state index contributed by atoms with van der Waals surface area (Å²) in [5.41, 5.74) is 0. The highest BCUT2D eigenvalue weighted by Crippen LogP contribution is 2.11. The molecule has 2 heteroatoms. The fourth-order valence-corrected chi connectivity index (χ4v) is 1.33. The Morgan fingerprint density at radius 3 is 3.09 bits per heavy atom. The Balaban J connectivity index is 2.24. The van der Waals surface area contributed by atoms with Gasteiger partial charge in [0.05, 0.1) is 0 Å². The Bertz CT molecular complexity index is 174. The van der Waals surface area contributed by atoms with E-state index in [0.29, 0.717) is 18.6 Å². The summed E-state index contributed by atoms with van der Waals surface area (Å²) in [6.45, 7) is 1.83. The number of rotatable bonds is 3. The highest BCUT2D eigenvalue weighted by molar-refractivity contribution is 5.81. The summed E-state index contributed by atoms with van der Waals surface area (Å²) < 4.78 is 0. The SMILES string of the molecule is C#CCCC(=O)[C@H]1CCNC1. The lowest BCUT2D eigenvalue weighted by Crippen LogP contribution is -2.17. The standard InChI is InChI=1S/C9H13NO/c1-2-3-4-9(11)8-5-6-10-7-8/h1,8,10H,3-7H2/t8-/m0/s1. The lowest BCUT2D eigenvalue weighted by atomic mass is 10.00. The molecule has 1 saturated heterocycles. The van der Waals surface area contributed by atoms with Crippen molar-refractivity contribution in [2.24, 2.45) is 5.92 Å². The largest absolute Gasteiger partial charge is 0.316 e. The van der Waals surface area contributed by atoms with Crippen LogP contribution in [0.15, 0.2) is 0 Å². The smallest absolute Gasteiger partial charge is 0.138 e. The Morgan fingerprint density at radius 1 is 1.73 bits per heavy atom. The molecule has 1 aliphatic heterocycles. The molecular formula is C9H13NO. The zero-order chi connectivity index (χ0) is 8.10. The van der Waals surface area contributed by atoms with Crippen molar-refractivity contribution in [2.75, 3.05) is 13.1 Å². The van der Waals surface area contributed by atoms with Gasteiger partial charge < -0.3 is 5.32 Å². The third-order valence-corrected chi connectivity index (χ3v) is 2.03. The average Bonchev–Trinajstić information content (AvgIpc) is 2.52. The van der Waals surface area contributed by atoms with Crippen molar-refractivity contribution >= 4 is 5.78 Å². The van der Waals surface area contributed by atoms with Crippen molar-refractivity contribution in [1.82, 2.24) is 5.32 Å². The average molecular weight is 151 g/mol. The Morgan fingerprint density at radius 2 is 2.55 bits per heavy atom. The van der Waals surface area contributed by atoms with Crippen LogP contribution >= 0.6 is 0 Å². The second-order valence-electron chi connectivity index (χ2n) is 2.86. The Labute approximate surface area is 67.4 Å². The quantitative estimate of drug-likeness (QED) is 0.598. The van der Waals surface area contributed by atoms with Gasteiger partial charge in [-0.1, -0.05) is 0 Å². The van der Waals surface area contributed by atoms with Crippen molar-refractivity contribution < 1.29 is 4.79 Å². The van der Waals surface area contributed by atoms with Gasteiger partial charge in [-0.2, -0.15) is 0 Å². The third kappa shape index (κ3) is 2.36. The van der Waals surface area contributed by atoms with E-state index in [1.165, 1.54) is 0 Å². The molecule has 1 heterocycles. The van der Waals surface area contributed by atoms with Crippen LogP contribution in [0, 0.1) is 18.3 Å². The van der Waals surface area contributed by atoms with Crippen molar-refractivity contribution in [2.45, 2.75) is 19.3 Å². The lowest BCUT2D eigenvalue weighted by molar-refractivity contribution is -0.122. The summed E-state index contributed by atoms with van der Waals surface area (Å²) >= 11 is 0. The van der Waals surface area contributed by atoms with E-state index in [1.54, 1.807) is 0 Å². The molecule has 0 aromatic rings. The summed E-state index contributed by atoms with van der Waals surface area (Å²) in [6.07, 6.45) is 7.20. The maximum Gasteiger partial charge on any atom is 0.138 e. The number of terminal acetylenes is 1. The van der Waals surface area contributed by atoms with Crippen molar-refractivity contribution in [3.63, 3.8) is 0 Å². The van der Waals surface area contributed by atoms with Gasteiger partial charge in [-0.15, -0.1) is 12.3 Å². The molecule has 60 valence electrons. The second-order valence-corrected chi connectivity index (χ2v) is 2.86. The molecule has 1 atom stereocenters. The molecule has 2 nitrogen and oxygen atoms in total. The first-order valence-corrected chi connectivity index (χ1v) is 4.01. The molecule has 0 unspecified atom stereocenters. The molecule has 0 radical (unpaired) electrons. The predicted molar refractivity (Wildman–Crippen MR) is 44.1 cm³/mol. The van der Waals surface area contributed by atoms with E-state index in [4.69, 9.17) is 6.42 Å². The summed E-state index contributed by atoms with van der Waals surface area (Å²) in [5, 5.41) is 3.16. The first kappa shape index (κ1) is 8.29. The lowest BCUT2D eigenvalue weighted by Gasteiger charge is -2.03. The van der Waals surface area contributed by atoms with Gasteiger partial charge in [-0.25, -0.2) is 0 Å². The van der Waals surface area contributed by atoms with Gasteiger partial charge in [-0.3, -0.25) is 4.79 Å². The Hall–Kier alpha value is -0.810. The van der Waals surface area contributed by atoms with Gasteiger partial charge in [-0.05, 0) is 13.0 Å². The van der Waals surface area contributed by atoms with Crippen LogP contribution in [-0.4, -0.2) is 18.9 Å². The van der Waals surface area contributed by atoms with E-state index in [0.717, 1.165) is 19.5 Å². The summed E-state index contributed by atoms with van der Waals surface area (Å²) in [7, 11) is 0. The predicted octanol–water partition coefficient (Wildman–Crippen LogP) is 0.578. The van der Waals surface area contributed by atoms with Crippen LogP contribution in [0.25, 0.3) is 0 Å². The number of ketones is 1. The molecule has 1 aliphatic rings. The van der Waals surface area contributed by atoms with Crippen molar-refractivity contribution in [1.29, 1.82) is 0 Å². The van der Waals surface area contributed by atoms with E-state index in [9.17, 15) is 4.79 Å². The molecule has 1 rings (SSSR count). The van der Waals surface area contributed by atoms with Crippen LogP contribution in [0.2, 0.25) is 0 Å². The molecule has 0 saturated carbocycles. The number of Topliss-reactive ketones (excluding diaryl/α,β-unsaturated/α-hetero) is 1. The van der Waals surface area contributed by atoms with Gasteiger partial charge in [0.2, 0.25) is 0 Å². The van der Waals surface area contributed by atoms with Crippen LogP contribution in [-0.2, 0) is 4.79 Å². The molecule has 0 amide bonds. The zero-order valence-electron chi connectivity index (χ0n) is 6.60. The summed E-state index contributed by atoms with van der Waals surface area (Å²) in [5.74, 6) is 3.05. The van der Waals surface area contributed by atoms with E-state index in [1.807, 2.05) is 0 Å². The fourth-order valence-electron chi connectivity index (χ4n) is 1.33. The molecular weight excluding hydrogens is 138 g/mol. The fraction of sp³-hybridized carbons (Fsp3) is 0.667. The minimum absolute atomic E-state index is 0.239. The number of carbonyl (C=O) groups is 1. The van der Waals surface area contributed by atoms with Crippen molar-refractivity contribution in [3.8, 4) is 12.3 Å². The molecule has 0 bridgehead atoms. The van der Waals surface area contributed by atoms with Crippen LogP contribution < -0.4 is 5.32 Å². The van der Waals surface area contributed by atoms with Gasteiger partial charge in [0, 0.05) is 25.3 Å². The highest BCUT2D eigenvalue weighted by atomic mass is 16.1. The summed E-state index contributed by atoms with van der Waals surface area (Å²) in [6, 6.07) is 0. The second kappa shape index (κ2) is 4.15. The third-order valence-electron chi connectivity index (χ3n) is 2.03. The van der Waals surface area contributed by atoms with E-state index >= 15 is 0 Å². The molecule has 0 spiro atoms.